The highest BCUT2D eigenvalue weighted by atomic mass is 19.1. The molecule has 2 fully saturated rings. The lowest BCUT2D eigenvalue weighted by molar-refractivity contribution is -0.130. The maximum atomic E-state index is 13.5. The smallest absolute Gasteiger partial charge is 0.270 e. The quantitative estimate of drug-likeness (QED) is 0.753. The van der Waals surface area contributed by atoms with E-state index in [1.54, 1.807) is 35.1 Å². The number of likely N-dealkylation sites (tertiary alicyclic amines) is 2. The van der Waals surface area contributed by atoms with Gasteiger partial charge in [0.1, 0.15) is 5.69 Å². The minimum atomic E-state index is -0.405. The number of piperidine rings is 1. The van der Waals surface area contributed by atoms with E-state index in [1.807, 2.05) is 13.0 Å². The Morgan fingerprint density at radius 3 is 2.62 bits per heavy atom. The van der Waals surface area contributed by atoms with Crippen molar-refractivity contribution in [1.29, 1.82) is 0 Å². The van der Waals surface area contributed by atoms with Gasteiger partial charge < -0.3 is 19.9 Å². The average Bonchev–Trinajstić information content (AvgIpc) is 3.12. The molecule has 29 heavy (non-hydrogen) atoms. The van der Waals surface area contributed by atoms with E-state index < -0.39 is 5.95 Å². The number of halogens is 1. The zero-order valence-corrected chi connectivity index (χ0v) is 16.8. The molecule has 1 atom stereocenters. The highest BCUT2D eigenvalue weighted by molar-refractivity contribution is 5.93. The molecule has 2 amide bonds. The van der Waals surface area contributed by atoms with E-state index in [2.05, 4.69) is 9.97 Å². The number of rotatable bonds is 2. The van der Waals surface area contributed by atoms with Crippen molar-refractivity contribution in [1.82, 2.24) is 19.8 Å². The van der Waals surface area contributed by atoms with Gasteiger partial charge in [-0.2, -0.15) is 4.39 Å². The third kappa shape index (κ3) is 5.20. The maximum absolute atomic E-state index is 13.5. The molecule has 156 valence electrons. The molecular formula is C21H27FN4O3. The summed E-state index contributed by atoms with van der Waals surface area (Å²) in [6.45, 7) is 5.79. The van der Waals surface area contributed by atoms with Gasteiger partial charge in [0.2, 0.25) is 11.9 Å². The van der Waals surface area contributed by atoms with Gasteiger partial charge in [-0.1, -0.05) is 6.07 Å². The zero-order chi connectivity index (χ0) is 21.0. The van der Waals surface area contributed by atoms with Crippen LogP contribution in [0.3, 0.4) is 0 Å². The molecule has 7 nitrogen and oxygen atoms in total. The molecule has 4 rings (SSSR count). The van der Waals surface area contributed by atoms with E-state index in [-0.39, 0.29) is 23.8 Å². The lowest BCUT2D eigenvalue weighted by atomic mass is 9.91. The van der Waals surface area contributed by atoms with Crippen LogP contribution >= 0.6 is 0 Å². The summed E-state index contributed by atoms with van der Waals surface area (Å²) in [7, 11) is 0. The standard InChI is InChI=1S/C12H15FN2O.C9H12N2O2/c1-9(16)15-7-3-4-10(8-15)11-5-2-6-14-12(11)13;1-6-2-8(10-3-6)9(13)11-4-7(12)5-11/h2,5-6,10H,3-4,7-8H2,1H3;2-3,7,10,12H,4-5H2,1H3. The van der Waals surface area contributed by atoms with E-state index in [4.69, 9.17) is 5.11 Å². The molecule has 4 heterocycles. The van der Waals surface area contributed by atoms with Gasteiger partial charge >= 0.3 is 0 Å². The number of amides is 2. The Morgan fingerprint density at radius 1 is 1.28 bits per heavy atom. The van der Waals surface area contributed by atoms with E-state index in [9.17, 15) is 14.0 Å². The van der Waals surface area contributed by atoms with Gasteiger partial charge in [-0.25, -0.2) is 4.98 Å². The fraction of sp³-hybridized carbons (Fsp3) is 0.476. The first-order valence-electron chi connectivity index (χ1n) is 9.83. The van der Waals surface area contributed by atoms with Crippen molar-refractivity contribution >= 4 is 11.8 Å². The third-order valence-electron chi connectivity index (χ3n) is 5.30. The number of pyridine rings is 1. The lowest BCUT2D eigenvalue weighted by Crippen LogP contribution is -2.53. The highest BCUT2D eigenvalue weighted by Crippen LogP contribution is 2.27. The largest absolute Gasteiger partial charge is 0.389 e. The Morgan fingerprint density at radius 2 is 2.03 bits per heavy atom. The minimum Gasteiger partial charge on any atom is -0.389 e. The van der Waals surface area contributed by atoms with Crippen LogP contribution in [0.25, 0.3) is 0 Å². The number of carbonyl (C=O) groups excluding carboxylic acids is 2. The number of β-amino-alcohol motifs (C(OH)–C–C–N with tert-alkyl or cyclic N) is 1. The molecule has 0 aliphatic carbocycles. The fourth-order valence-electron chi connectivity index (χ4n) is 3.64. The van der Waals surface area contributed by atoms with E-state index in [0.29, 0.717) is 30.9 Å². The molecule has 0 saturated carbocycles. The van der Waals surface area contributed by atoms with Crippen LogP contribution in [-0.2, 0) is 4.79 Å². The molecule has 0 spiro atoms. The Hall–Kier alpha value is -2.74. The molecule has 0 radical (unpaired) electrons. The van der Waals surface area contributed by atoms with Crippen molar-refractivity contribution in [2.24, 2.45) is 0 Å². The normalized spacial score (nSPS) is 19.2. The molecule has 0 aromatic carbocycles. The van der Waals surface area contributed by atoms with E-state index in [1.165, 1.54) is 6.20 Å². The summed E-state index contributed by atoms with van der Waals surface area (Å²) in [6, 6.07) is 5.31. The maximum Gasteiger partial charge on any atom is 0.270 e. The van der Waals surface area contributed by atoms with Crippen molar-refractivity contribution in [3.05, 3.63) is 53.4 Å². The number of aromatic amines is 1. The number of nitrogens with one attached hydrogen (secondary N) is 1. The number of aryl methyl sites for hydroxylation is 1. The number of aromatic nitrogens is 2. The van der Waals surface area contributed by atoms with Crippen molar-refractivity contribution in [3.8, 4) is 0 Å². The predicted octanol–water partition coefficient (Wildman–Crippen LogP) is 2.09. The van der Waals surface area contributed by atoms with Crippen LogP contribution in [0, 0.1) is 12.9 Å². The summed E-state index contributed by atoms with van der Waals surface area (Å²) in [5, 5.41) is 9.02. The minimum absolute atomic E-state index is 0.0293. The van der Waals surface area contributed by atoms with E-state index >= 15 is 0 Å². The molecule has 2 saturated heterocycles. The number of hydrogen-bond donors (Lipinski definition) is 2. The first-order chi connectivity index (χ1) is 13.8. The number of H-pyrrole nitrogens is 1. The second-order valence-electron chi connectivity index (χ2n) is 7.64. The second kappa shape index (κ2) is 9.17. The van der Waals surface area contributed by atoms with Crippen LogP contribution in [0.5, 0.6) is 0 Å². The van der Waals surface area contributed by atoms with Gasteiger partial charge in [-0.05, 0) is 37.5 Å². The van der Waals surface area contributed by atoms with Crippen LogP contribution in [0.1, 0.15) is 47.3 Å². The van der Waals surface area contributed by atoms with Crippen LogP contribution in [-0.4, -0.2) is 69.0 Å². The number of carbonyl (C=O) groups is 2. The Bertz CT molecular complexity index is 863. The summed E-state index contributed by atoms with van der Waals surface area (Å²) >= 11 is 0. The first kappa shape index (κ1) is 21.0. The molecule has 2 aliphatic heterocycles. The van der Waals surface area contributed by atoms with E-state index in [0.717, 1.165) is 24.9 Å². The van der Waals surface area contributed by atoms with Crippen LogP contribution in [0.2, 0.25) is 0 Å². The number of nitrogens with zero attached hydrogens (tertiary/aromatic N) is 3. The van der Waals surface area contributed by atoms with Gasteiger partial charge in [0.25, 0.3) is 5.91 Å². The summed E-state index contributed by atoms with van der Waals surface area (Å²) in [5.41, 5.74) is 2.28. The number of aliphatic hydroxyl groups is 1. The Labute approximate surface area is 169 Å². The summed E-state index contributed by atoms with van der Waals surface area (Å²) < 4.78 is 13.5. The predicted molar refractivity (Wildman–Crippen MR) is 106 cm³/mol. The monoisotopic (exact) mass is 402 g/mol. The fourth-order valence-corrected chi connectivity index (χ4v) is 3.64. The molecule has 2 N–H and O–H groups in total. The number of aliphatic hydroxyl groups excluding tert-OH is 1. The number of hydrogen-bond acceptors (Lipinski definition) is 4. The van der Waals surface area contributed by atoms with Gasteiger partial charge in [0.15, 0.2) is 0 Å². The lowest BCUT2D eigenvalue weighted by Gasteiger charge is -2.35. The first-order valence-corrected chi connectivity index (χ1v) is 9.83. The average molecular weight is 402 g/mol. The topological polar surface area (TPSA) is 89.5 Å². The van der Waals surface area contributed by atoms with Gasteiger partial charge in [0, 0.05) is 57.0 Å². The van der Waals surface area contributed by atoms with Crippen molar-refractivity contribution < 1.29 is 19.1 Å². The molecule has 2 aliphatic rings. The summed E-state index contributed by atoms with van der Waals surface area (Å²) in [6.07, 6.45) is 4.76. The van der Waals surface area contributed by atoms with Crippen molar-refractivity contribution in [2.75, 3.05) is 26.2 Å². The van der Waals surface area contributed by atoms with Crippen LogP contribution in [0.15, 0.2) is 30.6 Å². The molecule has 2 aromatic heterocycles. The molecular weight excluding hydrogens is 375 g/mol. The van der Waals surface area contributed by atoms with Crippen LogP contribution < -0.4 is 0 Å². The third-order valence-corrected chi connectivity index (χ3v) is 5.30. The van der Waals surface area contributed by atoms with Gasteiger partial charge in [0.05, 0.1) is 6.10 Å². The van der Waals surface area contributed by atoms with Gasteiger partial charge in [-0.15, -0.1) is 0 Å². The Balaban J connectivity index is 0.000000169. The van der Waals surface area contributed by atoms with Gasteiger partial charge in [-0.3, -0.25) is 9.59 Å². The second-order valence-corrected chi connectivity index (χ2v) is 7.64. The highest BCUT2D eigenvalue weighted by Gasteiger charge is 2.30. The molecule has 0 bridgehead atoms. The van der Waals surface area contributed by atoms with Crippen LogP contribution in [0.4, 0.5) is 4.39 Å². The summed E-state index contributed by atoms with van der Waals surface area (Å²) in [5.74, 6) is -0.281. The Kier molecular flexibility index (Phi) is 6.64. The molecule has 2 aromatic rings. The SMILES string of the molecule is CC(=O)N1CCCC(c2cccnc2F)C1.Cc1c[nH]c(C(=O)N2CC(O)C2)c1. The summed E-state index contributed by atoms with van der Waals surface area (Å²) in [4.78, 5) is 32.8. The molecule has 8 heteroatoms. The zero-order valence-electron chi connectivity index (χ0n) is 16.8. The van der Waals surface area contributed by atoms with Crippen molar-refractivity contribution in [3.63, 3.8) is 0 Å². The van der Waals surface area contributed by atoms with Crippen molar-refractivity contribution in [2.45, 2.75) is 38.7 Å². The molecule has 1 unspecified atom stereocenters.